The average molecular weight is 415 g/mol. The topological polar surface area (TPSA) is 130 Å². The van der Waals surface area contributed by atoms with Crippen LogP contribution in [-0.4, -0.2) is 45.0 Å². The van der Waals surface area contributed by atoms with Crippen LogP contribution in [0.5, 0.6) is 5.75 Å². The summed E-state index contributed by atoms with van der Waals surface area (Å²) in [5, 5.41) is 0. The second-order valence-corrected chi connectivity index (χ2v) is 7.79. The number of hydrogen-bond acceptors (Lipinski definition) is 5. The Morgan fingerprint density at radius 3 is 3.03 bits per heavy atom. The quantitative estimate of drug-likeness (QED) is 0.690. The fraction of sp³-hybridized carbons (Fsp3) is 0.316. The van der Waals surface area contributed by atoms with E-state index in [4.69, 9.17) is 10.5 Å². The number of nitrogens with zero attached hydrogens (tertiary/aromatic N) is 2. The van der Waals surface area contributed by atoms with Crippen LogP contribution in [0, 0.1) is 0 Å². The van der Waals surface area contributed by atoms with Crippen molar-refractivity contribution in [3.63, 3.8) is 0 Å². The summed E-state index contributed by atoms with van der Waals surface area (Å²) in [5.74, 6) is 0.479. The molecule has 2 atom stereocenters. The number of anilines is 1. The third kappa shape index (κ3) is 4.02. The number of ether oxygens (including phenoxy) is 1. The number of benzene rings is 1. The van der Waals surface area contributed by atoms with Gasteiger partial charge in [-0.05, 0) is 37.5 Å². The second kappa shape index (κ2) is 8.08. The lowest BCUT2D eigenvalue weighted by molar-refractivity contribution is 0.0528. The molecule has 1 aromatic heterocycles. The summed E-state index contributed by atoms with van der Waals surface area (Å²) in [5.41, 5.74) is 7.16. The van der Waals surface area contributed by atoms with Gasteiger partial charge in [-0.15, -0.1) is 0 Å². The van der Waals surface area contributed by atoms with Crippen LogP contribution in [0.25, 0.3) is 0 Å². The van der Waals surface area contributed by atoms with Crippen molar-refractivity contribution < 1.29 is 13.7 Å². The van der Waals surface area contributed by atoms with Gasteiger partial charge in [0.1, 0.15) is 18.2 Å². The van der Waals surface area contributed by atoms with Crippen LogP contribution in [0.2, 0.25) is 0 Å². The highest BCUT2D eigenvalue weighted by Crippen LogP contribution is 2.30. The highest BCUT2D eigenvalue weighted by molar-refractivity contribution is 7.85. The molecule has 2 unspecified atom stereocenters. The largest absolute Gasteiger partial charge is 0.491 e. The normalized spacial score (nSPS) is 21.0. The van der Waals surface area contributed by atoms with Crippen molar-refractivity contribution in [2.45, 2.75) is 25.3 Å². The summed E-state index contributed by atoms with van der Waals surface area (Å²) in [6.45, 7) is 0.887. The third-order valence-corrected chi connectivity index (χ3v) is 5.76. The molecule has 152 valence electrons. The van der Waals surface area contributed by atoms with Crippen LogP contribution in [0.1, 0.15) is 35.2 Å². The van der Waals surface area contributed by atoms with E-state index in [-0.39, 0.29) is 30.0 Å². The molecule has 0 spiro atoms. The molecule has 3 heterocycles. The van der Waals surface area contributed by atoms with Crippen LogP contribution >= 0.6 is 0 Å². The van der Waals surface area contributed by atoms with Crippen LogP contribution in [-0.2, 0) is 11.2 Å². The lowest BCUT2D eigenvalue weighted by atomic mass is 10.0. The van der Waals surface area contributed by atoms with Crippen molar-refractivity contribution in [2.24, 2.45) is 10.1 Å². The van der Waals surface area contributed by atoms with E-state index in [9.17, 15) is 13.8 Å². The van der Waals surface area contributed by atoms with Crippen molar-refractivity contribution in [1.29, 1.82) is 0 Å². The number of fused-ring (bicyclic) bond motifs is 1. The van der Waals surface area contributed by atoms with Gasteiger partial charge in [0.2, 0.25) is 16.7 Å². The van der Waals surface area contributed by atoms with Crippen LogP contribution in [0.4, 0.5) is 5.69 Å². The highest BCUT2D eigenvalue weighted by Gasteiger charge is 2.29. The molecule has 0 aliphatic carbocycles. The molecule has 2 aromatic rings. The zero-order valence-corrected chi connectivity index (χ0v) is 16.4. The maximum absolute atomic E-state index is 12.9. The molecule has 0 bridgehead atoms. The van der Waals surface area contributed by atoms with Crippen LogP contribution in [0.15, 0.2) is 45.7 Å². The number of amidine groups is 1. The van der Waals surface area contributed by atoms with Gasteiger partial charge < -0.3 is 20.4 Å². The molecular formula is C19H21N5O4S. The lowest BCUT2D eigenvalue weighted by Gasteiger charge is -2.35. The predicted molar refractivity (Wildman–Crippen MR) is 110 cm³/mol. The number of carbonyl (C=O) groups excluding carboxylic acids is 1. The maximum Gasteiger partial charge on any atom is 0.254 e. The third-order valence-electron chi connectivity index (χ3n) is 5.00. The molecule has 9 nitrogen and oxygen atoms in total. The Kier molecular flexibility index (Phi) is 5.34. The Balaban J connectivity index is 1.53. The Morgan fingerprint density at radius 1 is 1.34 bits per heavy atom. The molecule has 4 rings (SSSR count). The van der Waals surface area contributed by atoms with Gasteiger partial charge in [-0.1, -0.05) is 6.07 Å². The molecule has 10 heteroatoms. The average Bonchev–Trinajstić information content (AvgIpc) is 2.71. The van der Waals surface area contributed by atoms with Crippen molar-refractivity contribution in [2.75, 3.05) is 17.9 Å². The van der Waals surface area contributed by atoms with E-state index in [1.165, 1.54) is 12.3 Å². The molecule has 1 aromatic carbocycles. The van der Waals surface area contributed by atoms with E-state index < -0.39 is 11.2 Å². The summed E-state index contributed by atoms with van der Waals surface area (Å²) >= 11 is -1.61. The van der Waals surface area contributed by atoms with E-state index in [1.54, 1.807) is 29.2 Å². The first kappa shape index (κ1) is 19.2. The van der Waals surface area contributed by atoms with Crippen molar-refractivity contribution in [3.05, 3.63) is 58.0 Å². The zero-order chi connectivity index (χ0) is 20.4. The predicted octanol–water partition coefficient (Wildman–Crippen LogP) is 1.16. The monoisotopic (exact) mass is 415 g/mol. The number of pyridine rings is 1. The number of nitrogens with one attached hydrogen (secondary N) is 2. The summed E-state index contributed by atoms with van der Waals surface area (Å²) < 4.78 is 24.3. The first-order chi connectivity index (χ1) is 14.0. The zero-order valence-electron chi connectivity index (χ0n) is 15.6. The number of nitrogens with two attached hydrogens (primary N) is 1. The number of likely N-dealkylation sites (tertiary alicyclic amines) is 1. The van der Waals surface area contributed by atoms with E-state index >= 15 is 0 Å². The summed E-state index contributed by atoms with van der Waals surface area (Å²) in [6.07, 6.45) is 4.17. The Hall–Kier alpha value is -3.14. The lowest BCUT2D eigenvalue weighted by Crippen LogP contribution is -2.47. The summed E-state index contributed by atoms with van der Waals surface area (Å²) in [6, 6.07) is 8.08. The van der Waals surface area contributed by atoms with Crippen molar-refractivity contribution in [3.8, 4) is 5.75 Å². The minimum Gasteiger partial charge on any atom is -0.491 e. The van der Waals surface area contributed by atoms with Gasteiger partial charge in [0.05, 0.1) is 17.3 Å². The number of aromatic amines is 1. The first-order valence-electron chi connectivity index (χ1n) is 9.31. The van der Waals surface area contributed by atoms with Gasteiger partial charge in [-0.3, -0.25) is 14.3 Å². The van der Waals surface area contributed by atoms with Gasteiger partial charge >= 0.3 is 0 Å². The van der Waals surface area contributed by atoms with Crippen LogP contribution < -0.4 is 20.8 Å². The number of H-pyrrole nitrogens is 1. The van der Waals surface area contributed by atoms with Crippen LogP contribution in [0.3, 0.4) is 0 Å². The van der Waals surface area contributed by atoms with E-state index in [0.29, 0.717) is 29.1 Å². The standard InChI is InChI=1S/C19H21N5O4S/c20-18-17-14(22-29(27)23-18)5-3-6-15(17)28-11-13-4-1-2-9-24(13)19(26)12-7-8-21-16(25)10-12/h3,5-8,10,13,22H,1-2,4,9,11H2,(H2,20,23)(H,21,25). The number of carbonyl (C=O) groups is 1. The maximum atomic E-state index is 12.9. The number of amides is 1. The number of aromatic nitrogens is 1. The van der Waals surface area contributed by atoms with Gasteiger partial charge in [-0.2, -0.15) is 4.40 Å². The van der Waals surface area contributed by atoms with Gasteiger partial charge in [-0.25, -0.2) is 4.21 Å². The summed E-state index contributed by atoms with van der Waals surface area (Å²) in [4.78, 5) is 28.8. The number of rotatable bonds is 4. The fourth-order valence-corrected chi connectivity index (χ4v) is 4.30. The molecule has 1 amide bonds. The smallest absolute Gasteiger partial charge is 0.254 e. The fourth-order valence-electron chi connectivity index (χ4n) is 3.62. The highest BCUT2D eigenvalue weighted by atomic mass is 32.2. The Bertz CT molecular complexity index is 1050. The number of hydrogen-bond donors (Lipinski definition) is 3. The Labute approximate surface area is 169 Å². The molecule has 2 aliphatic rings. The van der Waals surface area contributed by atoms with Gasteiger partial charge in [0.25, 0.3) is 5.91 Å². The molecule has 2 aliphatic heterocycles. The Morgan fingerprint density at radius 2 is 2.21 bits per heavy atom. The van der Waals surface area contributed by atoms with E-state index in [1.807, 2.05) is 0 Å². The second-order valence-electron chi connectivity index (χ2n) is 6.91. The number of piperidine rings is 1. The molecule has 1 saturated heterocycles. The minimum absolute atomic E-state index is 0.129. The molecule has 0 saturated carbocycles. The molecule has 1 fully saturated rings. The van der Waals surface area contributed by atoms with Crippen molar-refractivity contribution in [1.82, 2.24) is 9.88 Å². The van der Waals surface area contributed by atoms with Crippen molar-refractivity contribution >= 4 is 28.6 Å². The molecule has 29 heavy (non-hydrogen) atoms. The van der Waals surface area contributed by atoms with E-state index in [0.717, 1.165) is 19.3 Å². The van der Waals surface area contributed by atoms with Gasteiger partial charge in [0, 0.05) is 24.4 Å². The van der Waals surface area contributed by atoms with E-state index in [2.05, 4.69) is 14.1 Å². The molecular weight excluding hydrogens is 394 g/mol. The minimum atomic E-state index is -1.61. The molecule has 0 radical (unpaired) electrons. The SMILES string of the molecule is NC1=NS(=O)Nc2cccc(OCC3CCCCN3C(=O)c3cc[nH]c(=O)c3)c21. The summed E-state index contributed by atoms with van der Waals surface area (Å²) in [7, 11) is 0. The first-order valence-corrected chi connectivity index (χ1v) is 10.4. The molecule has 4 N–H and O–H groups in total. The van der Waals surface area contributed by atoms with Gasteiger partial charge in [0.15, 0.2) is 0 Å².